The predicted molar refractivity (Wildman–Crippen MR) is 85.9 cm³/mol. The molecule has 4 nitrogen and oxygen atoms in total. The zero-order valence-corrected chi connectivity index (χ0v) is 12.9. The van der Waals surface area contributed by atoms with E-state index in [1.807, 2.05) is 26.0 Å². The summed E-state index contributed by atoms with van der Waals surface area (Å²) in [6.07, 6.45) is 2.11. The third-order valence-corrected chi connectivity index (χ3v) is 3.91. The second-order valence-electron chi connectivity index (χ2n) is 5.51. The van der Waals surface area contributed by atoms with Gasteiger partial charge < -0.3 is 9.15 Å². The van der Waals surface area contributed by atoms with Crippen molar-refractivity contribution in [2.45, 2.75) is 32.9 Å². The van der Waals surface area contributed by atoms with E-state index in [4.69, 9.17) is 9.15 Å². The second kappa shape index (κ2) is 6.25. The van der Waals surface area contributed by atoms with Gasteiger partial charge in [0.15, 0.2) is 0 Å². The van der Waals surface area contributed by atoms with Gasteiger partial charge in [-0.25, -0.2) is 4.79 Å². The quantitative estimate of drug-likeness (QED) is 0.645. The molecule has 1 atom stereocenters. The molecule has 0 radical (unpaired) electrons. The Morgan fingerprint density at radius 2 is 2.05 bits per heavy atom. The van der Waals surface area contributed by atoms with E-state index in [0.717, 1.165) is 24.0 Å². The number of rotatable bonds is 3. The molecule has 0 amide bonds. The van der Waals surface area contributed by atoms with Crippen LogP contribution in [-0.2, 0) is 0 Å². The van der Waals surface area contributed by atoms with Gasteiger partial charge in [-0.05, 0) is 50.3 Å². The molecule has 114 valence electrons. The molecule has 4 heteroatoms. The van der Waals surface area contributed by atoms with Gasteiger partial charge in [0.25, 0.3) is 0 Å². The summed E-state index contributed by atoms with van der Waals surface area (Å²) in [5.74, 6) is 6.70. The first-order valence-electron chi connectivity index (χ1n) is 7.55. The fourth-order valence-corrected chi connectivity index (χ4v) is 2.80. The maximum absolute atomic E-state index is 11.5. The molecule has 0 spiro atoms. The Kier molecular flexibility index (Phi) is 4.17. The molecule has 3 rings (SSSR count). The van der Waals surface area contributed by atoms with Crippen molar-refractivity contribution in [3.63, 3.8) is 0 Å². The van der Waals surface area contributed by atoms with E-state index in [1.165, 1.54) is 18.9 Å². The first kappa shape index (κ1) is 14.7. The summed E-state index contributed by atoms with van der Waals surface area (Å²) in [6, 6.07) is 7.09. The maximum atomic E-state index is 11.5. The van der Waals surface area contributed by atoms with Gasteiger partial charge in [-0.1, -0.05) is 0 Å². The largest absolute Gasteiger partial charge is 0.464 e. The molecule has 22 heavy (non-hydrogen) atoms. The summed E-state index contributed by atoms with van der Waals surface area (Å²) < 4.78 is 11.3. The molecule has 1 unspecified atom stereocenters. The smallest absolute Gasteiger partial charge is 0.336 e. The third-order valence-electron chi connectivity index (χ3n) is 3.91. The molecule has 1 aromatic carbocycles. The molecule has 2 aromatic rings. The fourth-order valence-electron chi connectivity index (χ4n) is 2.80. The summed E-state index contributed by atoms with van der Waals surface area (Å²) in [4.78, 5) is 13.7. The van der Waals surface area contributed by atoms with Crippen LogP contribution >= 0.6 is 0 Å². The van der Waals surface area contributed by atoms with Gasteiger partial charge in [0.05, 0.1) is 0 Å². The van der Waals surface area contributed by atoms with Crippen molar-refractivity contribution in [2.24, 2.45) is 0 Å². The monoisotopic (exact) mass is 297 g/mol. The summed E-state index contributed by atoms with van der Waals surface area (Å²) in [5.41, 5.74) is 1.11. The minimum absolute atomic E-state index is 0.249. The Morgan fingerprint density at radius 3 is 2.77 bits per heavy atom. The number of fused-ring (bicyclic) bond motifs is 1. The summed E-state index contributed by atoms with van der Waals surface area (Å²) in [7, 11) is 0. The number of nitrogens with zero attached hydrogens (tertiary/aromatic N) is 1. The Morgan fingerprint density at radius 1 is 1.27 bits per heavy atom. The molecule has 1 aliphatic rings. The normalized spacial score (nSPS) is 16.3. The van der Waals surface area contributed by atoms with Gasteiger partial charge in [-0.15, -0.1) is 5.92 Å². The lowest BCUT2D eigenvalue weighted by Gasteiger charge is -2.23. The van der Waals surface area contributed by atoms with Crippen LogP contribution in [0.15, 0.2) is 33.5 Å². The standard InChI is InChI=1S/C18H19NO3/c1-3-6-17(19-9-4-5-10-19)21-14-7-8-15-13(2)11-18(20)22-16(15)12-14/h7-8,11-12,17H,4-5,9-10H2,1-2H3. The third kappa shape index (κ3) is 3.00. The van der Waals surface area contributed by atoms with E-state index in [0.29, 0.717) is 11.3 Å². The highest BCUT2D eigenvalue weighted by molar-refractivity contribution is 5.81. The van der Waals surface area contributed by atoms with Crippen LogP contribution in [0.25, 0.3) is 11.0 Å². The zero-order chi connectivity index (χ0) is 15.5. The lowest BCUT2D eigenvalue weighted by molar-refractivity contribution is 0.0915. The van der Waals surface area contributed by atoms with Crippen LogP contribution in [0.3, 0.4) is 0 Å². The molecule has 1 aliphatic heterocycles. The van der Waals surface area contributed by atoms with Gasteiger partial charge in [-0.3, -0.25) is 4.90 Å². The van der Waals surface area contributed by atoms with Gasteiger partial charge in [-0.2, -0.15) is 0 Å². The van der Waals surface area contributed by atoms with Crippen LogP contribution in [0.4, 0.5) is 0 Å². The minimum Gasteiger partial charge on any atom is -0.464 e. The molecule has 1 aromatic heterocycles. The van der Waals surface area contributed by atoms with Crippen molar-refractivity contribution >= 4 is 11.0 Å². The average molecular weight is 297 g/mol. The molecule has 0 aliphatic carbocycles. The topological polar surface area (TPSA) is 42.7 Å². The first-order valence-corrected chi connectivity index (χ1v) is 7.55. The minimum atomic E-state index is -0.341. The summed E-state index contributed by atoms with van der Waals surface area (Å²) >= 11 is 0. The number of likely N-dealkylation sites (tertiary alicyclic amines) is 1. The molecule has 0 saturated carbocycles. The van der Waals surface area contributed by atoms with E-state index in [9.17, 15) is 4.79 Å². The van der Waals surface area contributed by atoms with E-state index in [2.05, 4.69) is 16.7 Å². The molecule has 0 bridgehead atoms. The Bertz CT molecular complexity index is 791. The van der Waals surface area contributed by atoms with Crippen LogP contribution in [0.2, 0.25) is 0 Å². The Hall–Kier alpha value is -2.25. The second-order valence-corrected chi connectivity index (χ2v) is 5.51. The van der Waals surface area contributed by atoms with Gasteiger partial charge in [0.2, 0.25) is 6.23 Å². The summed E-state index contributed by atoms with van der Waals surface area (Å²) in [5, 5.41) is 0.922. The lowest BCUT2D eigenvalue weighted by Crippen LogP contribution is -2.36. The van der Waals surface area contributed by atoms with Gasteiger partial charge in [0.1, 0.15) is 11.3 Å². The van der Waals surface area contributed by atoms with Crippen molar-refractivity contribution < 1.29 is 9.15 Å². The van der Waals surface area contributed by atoms with E-state index in [1.54, 1.807) is 6.07 Å². The van der Waals surface area contributed by atoms with Crippen LogP contribution in [0, 0.1) is 18.8 Å². The Labute approximate surface area is 129 Å². The number of ether oxygens (including phenoxy) is 1. The highest BCUT2D eigenvalue weighted by atomic mass is 16.5. The molecule has 2 heterocycles. The van der Waals surface area contributed by atoms with Crippen molar-refractivity contribution in [3.8, 4) is 17.6 Å². The maximum Gasteiger partial charge on any atom is 0.336 e. The van der Waals surface area contributed by atoms with Crippen LogP contribution < -0.4 is 10.4 Å². The molecular weight excluding hydrogens is 278 g/mol. The molecule has 1 fully saturated rings. The van der Waals surface area contributed by atoms with E-state index in [-0.39, 0.29) is 11.9 Å². The fraction of sp³-hybridized carbons (Fsp3) is 0.389. The van der Waals surface area contributed by atoms with E-state index < -0.39 is 0 Å². The molecule has 0 N–H and O–H groups in total. The SMILES string of the molecule is CC#CC(Oc1ccc2c(C)cc(=O)oc2c1)N1CCCC1. The van der Waals surface area contributed by atoms with Crippen LogP contribution in [-0.4, -0.2) is 24.2 Å². The van der Waals surface area contributed by atoms with Crippen LogP contribution in [0.1, 0.15) is 25.3 Å². The van der Waals surface area contributed by atoms with E-state index >= 15 is 0 Å². The lowest BCUT2D eigenvalue weighted by atomic mass is 10.1. The Balaban J connectivity index is 1.91. The van der Waals surface area contributed by atoms with Crippen molar-refractivity contribution in [1.82, 2.24) is 4.90 Å². The number of hydrogen-bond acceptors (Lipinski definition) is 4. The average Bonchev–Trinajstić information content (AvgIpc) is 3.00. The van der Waals surface area contributed by atoms with Crippen molar-refractivity contribution in [1.29, 1.82) is 0 Å². The molecule has 1 saturated heterocycles. The van der Waals surface area contributed by atoms with Gasteiger partial charge >= 0.3 is 5.63 Å². The number of aryl methyl sites for hydroxylation is 1. The highest BCUT2D eigenvalue weighted by Gasteiger charge is 2.21. The predicted octanol–water partition coefficient (Wildman–Crippen LogP) is 2.93. The number of benzene rings is 1. The van der Waals surface area contributed by atoms with Crippen LogP contribution in [0.5, 0.6) is 5.75 Å². The highest BCUT2D eigenvalue weighted by Crippen LogP contribution is 2.24. The summed E-state index contributed by atoms with van der Waals surface area (Å²) in [6.45, 7) is 5.72. The number of hydrogen-bond donors (Lipinski definition) is 0. The van der Waals surface area contributed by atoms with Crippen molar-refractivity contribution in [2.75, 3.05) is 13.1 Å². The van der Waals surface area contributed by atoms with Gasteiger partial charge in [0, 0.05) is 30.6 Å². The molecular formula is C18H19NO3. The zero-order valence-electron chi connectivity index (χ0n) is 12.9. The first-order chi connectivity index (χ1) is 10.7. The van der Waals surface area contributed by atoms with Crippen molar-refractivity contribution in [3.05, 3.63) is 40.2 Å².